The molecule has 2 aromatic carbocycles. The van der Waals surface area contributed by atoms with Gasteiger partial charge in [0, 0.05) is 18.4 Å². The largest absolute Gasteiger partial charge is 0.371 e. The zero-order chi connectivity index (χ0) is 23.4. The van der Waals surface area contributed by atoms with Crippen molar-refractivity contribution >= 4 is 23.2 Å². The summed E-state index contributed by atoms with van der Waals surface area (Å²) in [5, 5.41) is 9.98. The number of ether oxygens (including phenoxy) is 1. The quantitative estimate of drug-likeness (QED) is 0.647. The lowest BCUT2D eigenvalue weighted by molar-refractivity contribution is -0.123. The summed E-state index contributed by atoms with van der Waals surface area (Å²) in [6.45, 7) is 4.48. The van der Waals surface area contributed by atoms with E-state index in [0.29, 0.717) is 18.7 Å². The summed E-state index contributed by atoms with van der Waals surface area (Å²) in [5.74, 6) is -0.432. The first-order valence-electron chi connectivity index (χ1n) is 11.6. The van der Waals surface area contributed by atoms with E-state index in [4.69, 9.17) is 15.6 Å². The minimum Gasteiger partial charge on any atom is -0.371 e. The van der Waals surface area contributed by atoms with Crippen LogP contribution in [0.15, 0.2) is 53.6 Å². The summed E-state index contributed by atoms with van der Waals surface area (Å²) < 4.78 is 5.42. The van der Waals surface area contributed by atoms with Crippen molar-refractivity contribution in [2.75, 3.05) is 18.2 Å². The maximum atomic E-state index is 13.2. The van der Waals surface area contributed by atoms with Gasteiger partial charge in [-0.05, 0) is 43.9 Å². The van der Waals surface area contributed by atoms with Crippen LogP contribution in [-0.4, -0.2) is 36.8 Å². The number of anilines is 1. The van der Waals surface area contributed by atoms with Crippen LogP contribution in [0.2, 0.25) is 0 Å². The first-order chi connectivity index (χ1) is 15.9. The molecule has 0 aromatic heterocycles. The SMILES string of the molecule is Cc1ccc(N2N=C(C(=O)NC3CCCC3COCC(N)=O)CC2c2ccccc2)c(C)c1. The zero-order valence-electron chi connectivity index (χ0n) is 19.3. The van der Waals surface area contributed by atoms with E-state index in [2.05, 4.69) is 49.5 Å². The van der Waals surface area contributed by atoms with Crippen molar-refractivity contribution in [3.63, 3.8) is 0 Å². The van der Waals surface area contributed by atoms with Gasteiger partial charge in [0.05, 0.1) is 18.3 Å². The lowest BCUT2D eigenvalue weighted by Crippen LogP contribution is -2.42. The Hall–Kier alpha value is -3.19. The summed E-state index contributed by atoms with van der Waals surface area (Å²) >= 11 is 0. The van der Waals surface area contributed by atoms with Crippen LogP contribution < -0.4 is 16.1 Å². The molecule has 1 aliphatic carbocycles. The van der Waals surface area contributed by atoms with E-state index in [1.54, 1.807) is 0 Å². The summed E-state index contributed by atoms with van der Waals surface area (Å²) in [5.41, 5.74) is 10.2. The highest BCUT2D eigenvalue weighted by atomic mass is 16.5. The molecule has 2 aromatic rings. The Labute approximate surface area is 195 Å². The van der Waals surface area contributed by atoms with Gasteiger partial charge >= 0.3 is 0 Å². The van der Waals surface area contributed by atoms with E-state index in [1.165, 1.54) is 5.56 Å². The molecule has 0 bridgehead atoms. The summed E-state index contributed by atoms with van der Waals surface area (Å²) in [7, 11) is 0. The Morgan fingerprint density at radius 3 is 2.67 bits per heavy atom. The van der Waals surface area contributed by atoms with Crippen LogP contribution in [0.25, 0.3) is 0 Å². The fourth-order valence-electron chi connectivity index (χ4n) is 4.86. The summed E-state index contributed by atoms with van der Waals surface area (Å²) in [4.78, 5) is 24.2. The number of nitrogens with one attached hydrogen (secondary N) is 1. The molecular formula is C26H32N4O3. The highest BCUT2D eigenvalue weighted by Gasteiger charge is 2.35. The van der Waals surface area contributed by atoms with Gasteiger partial charge in [0.15, 0.2) is 0 Å². The highest BCUT2D eigenvalue weighted by molar-refractivity contribution is 6.39. The fraction of sp³-hybridized carbons (Fsp3) is 0.423. The van der Waals surface area contributed by atoms with Crippen LogP contribution in [0, 0.1) is 19.8 Å². The van der Waals surface area contributed by atoms with Gasteiger partial charge in [-0.1, -0.05) is 54.4 Å². The number of carbonyl (C=O) groups excluding carboxylic acids is 2. The molecule has 4 rings (SSSR count). The number of aryl methyl sites for hydroxylation is 2. The van der Waals surface area contributed by atoms with Gasteiger partial charge in [-0.3, -0.25) is 14.6 Å². The Morgan fingerprint density at radius 2 is 1.94 bits per heavy atom. The van der Waals surface area contributed by atoms with Crippen molar-refractivity contribution < 1.29 is 14.3 Å². The molecule has 1 aliphatic heterocycles. The van der Waals surface area contributed by atoms with Gasteiger partial charge < -0.3 is 15.8 Å². The Morgan fingerprint density at radius 1 is 1.15 bits per heavy atom. The van der Waals surface area contributed by atoms with Crippen molar-refractivity contribution in [1.82, 2.24) is 5.32 Å². The number of benzene rings is 2. The average molecular weight is 449 g/mol. The molecule has 0 saturated heterocycles. The second-order valence-electron chi connectivity index (χ2n) is 9.06. The van der Waals surface area contributed by atoms with Crippen LogP contribution in [0.1, 0.15) is 48.4 Å². The fourth-order valence-corrected chi connectivity index (χ4v) is 4.86. The molecule has 2 aliphatic rings. The number of primary amides is 1. The van der Waals surface area contributed by atoms with E-state index in [0.717, 1.165) is 36.1 Å². The lowest BCUT2D eigenvalue weighted by atomic mass is 9.99. The molecule has 3 N–H and O–H groups in total. The molecule has 1 fully saturated rings. The van der Waals surface area contributed by atoms with Crippen molar-refractivity contribution in [2.45, 2.75) is 51.6 Å². The van der Waals surface area contributed by atoms with Gasteiger partial charge in [-0.2, -0.15) is 5.10 Å². The Bertz CT molecular complexity index is 1040. The second-order valence-corrected chi connectivity index (χ2v) is 9.06. The van der Waals surface area contributed by atoms with Gasteiger partial charge in [0.2, 0.25) is 5.91 Å². The minimum absolute atomic E-state index is 0.0124. The van der Waals surface area contributed by atoms with Crippen molar-refractivity contribution in [1.29, 1.82) is 0 Å². The van der Waals surface area contributed by atoms with E-state index in [9.17, 15) is 9.59 Å². The van der Waals surface area contributed by atoms with Crippen molar-refractivity contribution in [3.8, 4) is 0 Å². The number of hydrazone groups is 1. The van der Waals surface area contributed by atoms with Crippen molar-refractivity contribution in [2.24, 2.45) is 16.8 Å². The third kappa shape index (κ3) is 5.42. The molecule has 1 heterocycles. The van der Waals surface area contributed by atoms with Crippen LogP contribution in [0.3, 0.4) is 0 Å². The van der Waals surface area contributed by atoms with Gasteiger partial charge in [0.1, 0.15) is 12.3 Å². The van der Waals surface area contributed by atoms with Crippen LogP contribution in [-0.2, 0) is 14.3 Å². The zero-order valence-corrected chi connectivity index (χ0v) is 19.3. The van der Waals surface area contributed by atoms with Gasteiger partial charge in [-0.25, -0.2) is 0 Å². The molecule has 3 unspecified atom stereocenters. The highest BCUT2D eigenvalue weighted by Crippen LogP contribution is 2.37. The number of nitrogens with zero attached hydrogens (tertiary/aromatic N) is 2. The molecule has 7 nitrogen and oxygen atoms in total. The topological polar surface area (TPSA) is 97.0 Å². The first kappa shape index (κ1) is 23.0. The van der Waals surface area contributed by atoms with E-state index >= 15 is 0 Å². The summed E-state index contributed by atoms with van der Waals surface area (Å²) in [6, 6.07) is 16.5. The molecule has 7 heteroatoms. The lowest BCUT2D eigenvalue weighted by Gasteiger charge is -2.25. The Balaban J connectivity index is 1.51. The second kappa shape index (κ2) is 10.2. The average Bonchev–Trinajstić information content (AvgIpc) is 3.41. The van der Waals surface area contributed by atoms with Crippen LogP contribution >= 0.6 is 0 Å². The molecular weight excluding hydrogens is 416 g/mol. The van der Waals surface area contributed by atoms with Gasteiger partial charge in [-0.15, -0.1) is 0 Å². The number of amides is 2. The predicted molar refractivity (Wildman–Crippen MR) is 129 cm³/mol. The molecule has 0 spiro atoms. The molecule has 0 radical (unpaired) electrons. The van der Waals surface area contributed by atoms with Crippen LogP contribution in [0.5, 0.6) is 0 Å². The maximum Gasteiger partial charge on any atom is 0.267 e. The number of hydrogen-bond donors (Lipinski definition) is 2. The Kier molecular flexibility index (Phi) is 7.08. The summed E-state index contributed by atoms with van der Waals surface area (Å²) in [6.07, 6.45) is 3.41. The molecule has 33 heavy (non-hydrogen) atoms. The number of hydrogen-bond acceptors (Lipinski definition) is 5. The first-order valence-corrected chi connectivity index (χ1v) is 11.6. The molecule has 1 saturated carbocycles. The normalized spacial score (nSPS) is 22.3. The number of nitrogens with two attached hydrogens (primary N) is 1. The van der Waals surface area contributed by atoms with Gasteiger partial charge in [0.25, 0.3) is 5.91 Å². The maximum absolute atomic E-state index is 13.2. The molecule has 2 amide bonds. The molecule has 3 atom stereocenters. The van der Waals surface area contributed by atoms with E-state index in [-0.39, 0.29) is 30.5 Å². The molecule has 174 valence electrons. The number of carbonyl (C=O) groups is 2. The van der Waals surface area contributed by atoms with Crippen LogP contribution in [0.4, 0.5) is 5.69 Å². The predicted octanol–water partition coefficient (Wildman–Crippen LogP) is 3.40. The smallest absolute Gasteiger partial charge is 0.267 e. The van der Waals surface area contributed by atoms with E-state index < -0.39 is 5.91 Å². The van der Waals surface area contributed by atoms with Crippen molar-refractivity contribution in [3.05, 3.63) is 65.2 Å². The van der Waals surface area contributed by atoms with E-state index in [1.807, 2.05) is 23.2 Å². The minimum atomic E-state index is -0.479. The number of rotatable bonds is 8. The standard InChI is InChI=1S/C26H32N4O3/c1-17-11-12-23(18(2)13-17)30-24(19-7-4-3-5-8-19)14-22(29-30)26(32)28-21-10-6-9-20(21)15-33-16-25(27)31/h3-5,7-8,11-13,20-21,24H,6,9-10,14-16H2,1-2H3,(H2,27,31)(H,28,32). The third-order valence-corrected chi connectivity index (χ3v) is 6.51. The monoisotopic (exact) mass is 448 g/mol. The third-order valence-electron chi connectivity index (χ3n) is 6.51.